The molecule has 1 fully saturated rings. The Kier molecular flexibility index (Phi) is 4.55. The predicted octanol–water partition coefficient (Wildman–Crippen LogP) is 0.206. The van der Waals surface area contributed by atoms with Crippen LogP contribution in [0.5, 0.6) is 0 Å². The third kappa shape index (κ3) is 2.79. The zero-order valence-corrected chi connectivity index (χ0v) is 11.6. The molecular formula is C13H22N4O2. The lowest BCUT2D eigenvalue weighted by molar-refractivity contribution is 0.0707. The van der Waals surface area contributed by atoms with Gasteiger partial charge in [-0.1, -0.05) is 0 Å². The van der Waals surface area contributed by atoms with Gasteiger partial charge >= 0.3 is 0 Å². The summed E-state index contributed by atoms with van der Waals surface area (Å²) in [6.45, 7) is 3.86. The van der Waals surface area contributed by atoms with Crippen LogP contribution in [0.2, 0.25) is 0 Å². The predicted molar refractivity (Wildman–Crippen MR) is 74.4 cm³/mol. The van der Waals surface area contributed by atoms with Crippen molar-refractivity contribution in [3.8, 4) is 0 Å². The maximum atomic E-state index is 12.3. The van der Waals surface area contributed by atoms with Crippen molar-refractivity contribution in [1.29, 1.82) is 0 Å². The van der Waals surface area contributed by atoms with Crippen molar-refractivity contribution >= 4 is 5.82 Å². The average Bonchev–Trinajstić information content (AvgIpc) is 2.47. The van der Waals surface area contributed by atoms with Crippen LogP contribution in [0.25, 0.3) is 0 Å². The van der Waals surface area contributed by atoms with E-state index in [0.717, 1.165) is 19.4 Å². The van der Waals surface area contributed by atoms with Crippen LogP contribution in [-0.2, 0) is 11.3 Å². The third-order valence-corrected chi connectivity index (χ3v) is 3.78. The molecule has 6 heteroatoms. The van der Waals surface area contributed by atoms with Gasteiger partial charge in [-0.2, -0.15) is 0 Å². The lowest BCUT2D eigenvalue weighted by atomic mass is 9.99. The molecule has 6 nitrogen and oxygen atoms in total. The molecule has 2 atom stereocenters. The normalized spacial score (nSPS) is 23.6. The van der Waals surface area contributed by atoms with Crippen molar-refractivity contribution in [3.05, 3.63) is 22.7 Å². The number of nitrogens with two attached hydrogens (primary N) is 1. The van der Waals surface area contributed by atoms with E-state index in [1.807, 2.05) is 11.8 Å². The highest BCUT2D eigenvalue weighted by atomic mass is 16.5. The van der Waals surface area contributed by atoms with Gasteiger partial charge in [0, 0.05) is 45.2 Å². The fourth-order valence-electron chi connectivity index (χ4n) is 2.61. The Morgan fingerprint density at radius 1 is 1.58 bits per heavy atom. The number of nitrogens with zero attached hydrogens (tertiary/aromatic N) is 3. The number of rotatable bonds is 4. The molecule has 1 aliphatic heterocycles. The average molecular weight is 266 g/mol. The van der Waals surface area contributed by atoms with Gasteiger partial charge in [0.2, 0.25) is 0 Å². The minimum atomic E-state index is -0.0423. The number of aromatic nitrogens is 2. The Labute approximate surface area is 113 Å². The Morgan fingerprint density at radius 3 is 3.00 bits per heavy atom. The van der Waals surface area contributed by atoms with Gasteiger partial charge in [0.15, 0.2) is 5.82 Å². The van der Waals surface area contributed by atoms with E-state index in [1.165, 1.54) is 0 Å². The maximum Gasteiger partial charge on any atom is 0.293 e. The summed E-state index contributed by atoms with van der Waals surface area (Å²) in [7, 11) is 1.72. The van der Waals surface area contributed by atoms with Crippen LogP contribution in [0.1, 0.15) is 19.8 Å². The molecule has 1 aliphatic rings. The minimum absolute atomic E-state index is 0.0423. The molecule has 0 saturated carbocycles. The molecule has 0 amide bonds. The van der Waals surface area contributed by atoms with Crippen LogP contribution in [0.3, 0.4) is 0 Å². The van der Waals surface area contributed by atoms with E-state index >= 15 is 0 Å². The van der Waals surface area contributed by atoms with Gasteiger partial charge < -0.3 is 19.9 Å². The van der Waals surface area contributed by atoms with Gasteiger partial charge in [0.05, 0.1) is 6.10 Å². The molecule has 2 unspecified atom stereocenters. The van der Waals surface area contributed by atoms with E-state index in [0.29, 0.717) is 18.9 Å². The summed E-state index contributed by atoms with van der Waals surface area (Å²) in [5.74, 6) is 0.509. The molecule has 0 aliphatic carbocycles. The number of aryl methyl sites for hydroxylation is 1. The Morgan fingerprint density at radius 2 is 2.37 bits per heavy atom. The zero-order valence-electron chi connectivity index (χ0n) is 11.6. The van der Waals surface area contributed by atoms with Crippen LogP contribution < -0.4 is 16.2 Å². The van der Waals surface area contributed by atoms with Crippen molar-refractivity contribution in [2.75, 3.05) is 25.1 Å². The molecule has 106 valence electrons. The van der Waals surface area contributed by atoms with E-state index in [-0.39, 0.29) is 17.7 Å². The summed E-state index contributed by atoms with van der Waals surface area (Å²) in [6, 6.07) is 0.117. The first kappa shape index (κ1) is 14.0. The van der Waals surface area contributed by atoms with Crippen molar-refractivity contribution < 1.29 is 4.74 Å². The standard InChI is InChI=1S/C13H22N4O2/c1-3-16-7-5-15-12(13(16)18)17-6-4-11(19-2)8-10(17)9-14/h5,7,10-11H,3-4,6,8-9,14H2,1-2H3. The summed E-state index contributed by atoms with van der Waals surface area (Å²) < 4.78 is 7.06. The quantitative estimate of drug-likeness (QED) is 0.843. The molecular weight excluding hydrogens is 244 g/mol. The van der Waals surface area contributed by atoms with Crippen LogP contribution in [0.4, 0.5) is 5.82 Å². The fourth-order valence-corrected chi connectivity index (χ4v) is 2.61. The van der Waals surface area contributed by atoms with Crippen molar-refractivity contribution in [2.24, 2.45) is 5.73 Å². The number of anilines is 1. The molecule has 0 spiro atoms. The lowest BCUT2D eigenvalue weighted by Crippen LogP contribution is -2.51. The second-order valence-electron chi connectivity index (χ2n) is 4.81. The molecule has 0 radical (unpaired) electrons. The summed E-state index contributed by atoms with van der Waals surface area (Å²) in [6.07, 6.45) is 5.35. The van der Waals surface area contributed by atoms with Gasteiger partial charge in [-0.05, 0) is 19.8 Å². The van der Waals surface area contributed by atoms with E-state index in [4.69, 9.17) is 10.5 Å². The van der Waals surface area contributed by atoms with Crippen LogP contribution in [0.15, 0.2) is 17.2 Å². The molecule has 0 aromatic carbocycles. The lowest BCUT2D eigenvalue weighted by Gasteiger charge is -2.38. The van der Waals surface area contributed by atoms with Crippen molar-refractivity contribution in [1.82, 2.24) is 9.55 Å². The highest BCUT2D eigenvalue weighted by Gasteiger charge is 2.30. The maximum absolute atomic E-state index is 12.3. The topological polar surface area (TPSA) is 73.4 Å². The highest BCUT2D eigenvalue weighted by Crippen LogP contribution is 2.22. The van der Waals surface area contributed by atoms with Crippen molar-refractivity contribution in [3.63, 3.8) is 0 Å². The molecule has 19 heavy (non-hydrogen) atoms. The fraction of sp³-hybridized carbons (Fsp3) is 0.692. The first-order chi connectivity index (χ1) is 9.21. The summed E-state index contributed by atoms with van der Waals surface area (Å²) >= 11 is 0. The molecule has 1 aromatic heterocycles. The summed E-state index contributed by atoms with van der Waals surface area (Å²) in [4.78, 5) is 18.6. The molecule has 1 aromatic rings. The number of ether oxygens (including phenoxy) is 1. The number of methoxy groups -OCH3 is 1. The largest absolute Gasteiger partial charge is 0.381 e. The Hall–Kier alpha value is -1.40. The molecule has 2 heterocycles. The second kappa shape index (κ2) is 6.16. The third-order valence-electron chi connectivity index (χ3n) is 3.78. The minimum Gasteiger partial charge on any atom is -0.381 e. The molecule has 2 N–H and O–H groups in total. The van der Waals surface area contributed by atoms with E-state index in [9.17, 15) is 4.79 Å². The van der Waals surface area contributed by atoms with E-state index < -0.39 is 0 Å². The monoisotopic (exact) mass is 266 g/mol. The van der Waals surface area contributed by atoms with E-state index in [1.54, 1.807) is 24.1 Å². The Balaban J connectivity index is 2.28. The first-order valence-electron chi connectivity index (χ1n) is 6.76. The van der Waals surface area contributed by atoms with Crippen LogP contribution >= 0.6 is 0 Å². The Bertz CT molecular complexity index is 474. The number of hydrogen-bond acceptors (Lipinski definition) is 5. The van der Waals surface area contributed by atoms with E-state index in [2.05, 4.69) is 4.98 Å². The molecule has 0 bridgehead atoms. The molecule has 2 rings (SSSR count). The van der Waals surface area contributed by atoms with Gasteiger partial charge in [-0.15, -0.1) is 0 Å². The van der Waals surface area contributed by atoms with Crippen LogP contribution in [-0.4, -0.2) is 41.9 Å². The van der Waals surface area contributed by atoms with Gasteiger partial charge in [-0.3, -0.25) is 4.79 Å². The van der Waals surface area contributed by atoms with Gasteiger partial charge in [0.25, 0.3) is 5.56 Å². The smallest absolute Gasteiger partial charge is 0.293 e. The summed E-state index contributed by atoms with van der Waals surface area (Å²) in [5, 5.41) is 0. The number of hydrogen-bond donors (Lipinski definition) is 1. The van der Waals surface area contributed by atoms with Gasteiger partial charge in [0.1, 0.15) is 0 Å². The van der Waals surface area contributed by atoms with Crippen LogP contribution in [0, 0.1) is 0 Å². The number of piperidine rings is 1. The van der Waals surface area contributed by atoms with Crippen molar-refractivity contribution in [2.45, 2.75) is 38.5 Å². The highest BCUT2D eigenvalue weighted by molar-refractivity contribution is 5.38. The SMILES string of the molecule is CCn1ccnc(N2CCC(OC)CC2CN)c1=O. The first-order valence-corrected chi connectivity index (χ1v) is 6.76. The second-order valence-corrected chi connectivity index (χ2v) is 4.81. The van der Waals surface area contributed by atoms with Gasteiger partial charge in [-0.25, -0.2) is 4.98 Å². The molecule has 1 saturated heterocycles. The summed E-state index contributed by atoms with van der Waals surface area (Å²) in [5.41, 5.74) is 5.79. The zero-order chi connectivity index (χ0) is 13.8.